The number of carbonyl (C=O) groups excluding carboxylic acids is 1. The van der Waals surface area contributed by atoms with Crippen LogP contribution in [0.5, 0.6) is 0 Å². The molecule has 0 saturated heterocycles. The molecule has 1 aromatic carbocycles. The van der Waals surface area contributed by atoms with Crippen LogP contribution in [0.3, 0.4) is 0 Å². The van der Waals surface area contributed by atoms with E-state index in [1.165, 1.54) is 5.56 Å². The van der Waals surface area contributed by atoms with E-state index >= 15 is 0 Å². The molecule has 1 amide bonds. The lowest BCUT2D eigenvalue weighted by Crippen LogP contribution is -2.23. The lowest BCUT2D eigenvalue weighted by molar-refractivity contribution is -0.116. The Kier molecular flexibility index (Phi) is 3.40. The zero-order chi connectivity index (χ0) is 13.1. The van der Waals surface area contributed by atoms with Gasteiger partial charge in [0.1, 0.15) is 6.10 Å². The number of hydrogen-bond donors (Lipinski definition) is 2. The molecule has 0 saturated carbocycles. The van der Waals surface area contributed by atoms with E-state index in [0.29, 0.717) is 6.42 Å². The van der Waals surface area contributed by atoms with Crippen molar-refractivity contribution in [1.29, 1.82) is 0 Å². The van der Waals surface area contributed by atoms with Crippen LogP contribution in [0.25, 0.3) is 0 Å². The Morgan fingerprint density at radius 1 is 1.37 bits per heavy atom. The van der Waals surface area contributed by atoms with Crippen molar-refractivity contribution in [3.05, 3.63) is 36.1 Å². The molecule has 19 heavy (non-hydrogen) atoms. The first-order valence-corrected chi connectivity index (χ1v) is 6.78. The first kappa shape index (κ1) is 12.1. The third-order valence-electron chi connectivity index (χ3n) is 3.56. The van der Waals surface area contributed by atoms with Gasteiger partial charge >= 0.3 is 0 Å². The summed E-state index contributed by atoms with van der Waals surface area (Å²) >= 11 is 0. The minimum Gasteiger partial charge on any atom is -0.497 e. The highest BCUT2D eigenvalue weighted by atomic mass is 16.5. The van der Waals surface area contributed by atoms with E-state index < -0.39 is 0 Å². The van der Waals surface area contributed by atoms with Crippen molar-refractivity contribution in [2.45, 2.75) is 31.8 Å². The number of fused-ring (bicyclic) bond motifs is 1. The van der Waals surface area contributed by atoms with E-state index in [0.717, 1.165) is 37.2 Å². The maximum absolute atomic E-state index is 11.3. The maximum atomic E-state index is 11.3. The molecule has 3 rings (SSSR count). The minimum atomic E-state index is 0.107. The average molecular weight is 258 g/mol. The number of carbonyl (C=O) groups is 1. The maximum Gasteiger partial charge on any atom is 0.224 e. The van der Waals surface area contributed by atoms with Gasteiger partial charge in [0.05, 0.1) is 12.8 Å². The summed E-state index contributed by atoms with van der Waals surface area (Å²) in [6, 6.07) is 6.09. The van der Waals surface area contributed by atoms with Crippen molar-refractivity contribution in [2.75, 3.05) is 17.2 Å². The fraction of sp³-hybridized carbons (Fsp3) is 0.400. The standard InChI is InChI=1S/C15H18N2O2/c18-15-7-4-11-9-12(5-6-14(11)17-15)16-10-13-3-1-2-8-19-13/h2,5-6,8-9,13,16H,1,3-4,7,10H2,(H,17,18). The summed E-state index contributed by atoms with van der Waals surface area (Å²) in [5.41, 5.74) is 3.24. The lowest BCUT2D eigenvalue weighted by atomic mass is 10.0. The Morgan fingerprint density at radius 3 is 3.16 bits per heavy atom. The Bertz CT molecular complexity index is 511. The quantitative estimate of drug-likeness (QED) is 0.876. The second-order valence-corrected chi connectivity index (χ2v) is 5.01. The molecule has 4 nitrogen and oxygen atoms in total. The molecule has 1 unspecified atom stereocenters. The summed E-state index contributed by atoms with van der Waals surface area (Å²) in [6.45, 7) is 0.815. The van der Waals surface area contributed by atoms with Gasteiger partial charge in [-0.25, -0.2) is 0 Å². The normalized spacial score (nSPS) is 21.3. The van der Waals surface area contributed by atoms with Gasteiger partial charge in [-0.05, 0) is 49.1 Å². The molecule has 0 bridgehead atoms. The number of nitrogens with one attached hydrogen (secondary N) is 2. The van der Waals surface area contributed by atoms with Gasteiger partial charge in [0.2, 0.25) is 5.91 Å². The van der Waals surface area contributed by atoms with Crippen molar-refractivity contribution < 1.29 is 9.53 Å². The van der Waals surface area contributed by atoms with Crippen LogP contribution < -0.4 is 10.6 Å². The predicted octanol–water partition coefficient (Wildman–Crippen LogP) is 2.68. The number of anilines is 2. The van der Waals surface area contributed by atoms with Crippen LogP contribution in [0.2, 0.25) is 0 Å². The summed E-state index contributed by atoms with van der Waals surface area (Å²) in [7, 11) is 0. The highest BCUT2D eigenvalue weighted by Crippen LogP contribution is 2.25. The lowest BCUT2D eigenvalue weighted by Gasteiger charge is -2.21. The molecule has 0 aliphatic carbocycles. The van der Waals surface area contributed by atoms with Gasteiger partial charge in [-0.3, -0.25) is 4.79 Å². The second kappa shape index (κ2) is 5.34. The second-order valence-electron chi connectivity index (χ2n) is 5.01. The van der Waals surface area contributed by atoms with E-state index in [1.54, 1.807) is 6.26 Å². The molecule has 0 aromatic heterocycles. The van der Waals surface area contributed by atoms with Crippen LogP contribution in [0.1, 0.15) is 24.8 Å². The molecule has 0 radical (unpaired) electrons. The Hall–Kier alpha value is -1.97. The zero-order valence-electron chi connectivity index (χ0n) is 10.8. The molecule has 2 aliphatic heterocycles. The highest BCUT2D eigenvalue weighted by molar-refractivity contribution is 5.94. The summed E-state index contributed by atoms with van der Waals surface area (Å²) in [4.78, 5) is 11.3. The Labute approximate surface area is 112 Å². The summed E-state index contributed by atoms with van der Waals surface area (Å²) in [5.74, 6) is 0.107. The molecule has 1 atom stereocenters. The number of hydrogen-bond acceptors (Lipinski definition) is 3. The third-order valence-corrected chi connectivity index (χ3v) is 3.56. The molecular formula is C15H18N2O2. The number of aryl methyl sites for hydroxylation is 1. The van der Waals surface area contributed by atoms with Gasteiger partial charge in [-0.1, -0.05) is 0 Å². The summed E-state index contributed by atoms with van der Waals surface area (Å²) in [6.07, 6.45) is 7.64. The van der Waals surface area contributed by atoms with Crippen LogP contribution >= 0.6 is 0 Å². The average Bonchev–Trinajstić information content (AvgIpc) is 2.46. The van der Waals surface area contributed by atoms with Crippen LogP contribution in [-0.4, -0.2) is 18.6 Å². The van der Waals surface area contributed by atoms with E-state index in [4.69, 9.17) is 4.74 Å². The topological polar surface area (TPSA) is 50.4 Å². The number of rotatable bonds is 3. The van der Waals surface area contributed by atoms with Crippen molar-refractivity contribution in [2.24, 2.45) is 0 Å². The monoisotopic (exact) mass is 258 g/mol. The van der Waals surface area contributed by atoms with E-state index in [9.17, 15) is 4.79 Å². The molecule has 2 aliphatic rings. The third kappa shape index (κ3) is 2.89. The molecule has 100 valence electrons. The fourth-order valence-electron chi connectivity index (χ4n) is 2.46. The van der Waals surface area contributed by atoms with Gasteiger partial charge in [-0.15, -0.1) is 0 Å². The van der Waals surface area contributed by atoms with E-state index in [2.05, 4.69) is 22.8 Å². The minimum absolute atomic E-state index is 0.107. The number of benzene rings is 1. The van der Waals surface area contributed by atoms with Gasteiger partial charge < -0.3 is 15.4 Å². The first-order valence-electron chi connectivity index (χ1n) is 6.78. The Balaban J connectivity index is 1.62. The molecule has 4 heteroatoms. The molecular weight excluding hydrogens is 240 g/mol. The molecule has 2 heterocycles. The number of ether oxygens (including phenoxy) is 1. The van der Waals surface area contributed by atoms with Gasteiger partial charge in [0.15, 0.2) is 0 Å². The summed E-state index contributed by atoms with van der Waals surface area (Å²) < 4.78 is 5.53. The van der Waals surface area contributed by atoms with Gasteiger partial charge in [-0.2, -0.15) is 0 Å². The van der Waals surface area contributed by atoms with Gasteiger partial charge in [0, 0.05) is 17.8 Å². The number of allylic oxidation sites excluding steroid dienone is 1. The molecule has 0 fully saturated rings. The van der Waals surface area contributed by atoms with Crippen molar-refractivity contribution >= 4 is 17.3 Å². The SMILES string of the molecule is O=C1CCc2cc(NCC3CCC=CO3)ccc2N1. The van der Waals surface area contributed by atoms with Crippen LogP contribution in [-0.2, 0) is 16.0 Å². The largest absolute Gasteiger partial charge is 0.497 e. The predicted molar refractivity (Wildman–Crippen MR) is 75.1 cm³/mol. The number of amides is 1. The van der Waals surface area contributed by atoms with Crippen LogP contribution in [0, 0.1) is 0 Å². The van der Waals surface area contributed by atoms with E-state index in [1.807, 2.05) is 12.1 Å². The fourth-order valence-corrected chi connectivity index (χ4v) is 2.46. The molecule has 0 spiro atoms. The van der Waals surface area contributed by atoms with Crippen LogP contribution in [0.4, 0.5) is 11.4 Å². The van der Waals surface area contributed by atoms with Crippen molar-refractivity contribution in [1.82, 2.24) is 0 Å². The molecule has 2 N–H and O–H groups in total. The van der Waals surface area contributed by atoms with Gasteiger partial charge in [0.25, 0.3) is 0 Å². The highest BCUT2D eigenvalue weighted by Gasteiger charge is 2.15. The smallest absolute Gasteiger partial charge is 0.224 e. The first-order chi connectivity index (χ1) is 9.31. The van der Waals surface area contributed by atoms with Crippen molar-refractivity contribution in [3.8, 4) is 0 Å². The van der Waals surface area contributed by atoms with Crippen molar-refractivity contribution in [3.63, 3.8) is 0 Å². The summed E-state index contributed by atoms with van der Waals surface area (Å²) in [5, 5.41) is 6.30. The zero-order valence-corrected chi connectivity index (χ0v) is 10.8. The van der Waals surface area contributed by atoms with Crippen LogP contribution in [0.15, 0.2) is 30.5 Å². The Morgan fingerprint density at radius 2 is 2.32 bits per heavy atom. The van der Waals surface area contributed by atoms with E-state index in [-0.39, 0.29) is 12.0 Å². The molecule has 1 aromatic rings.